The summed E-state index contributed by atoms with van der Waals surface area (Å²) in [7, 11) is -4.84. The standard InChI is InChI=1S/C18H10ClF7N4O4S/c1-8-2-3-9(20)6-13(8)35(32,33)28-16(31)14-15(17(21,22)23)30(29-27-14)12-5-4-10(7-11(12)19)34-18(24,25)26/h2-7H,1H3,(H,28,31). The van der Waals surface area contributed by atoms with Crippen LogP contribution < -0.4 is 9.46 Å². The van der Waals surface area contributed by atoms with Crippen molar-refractivity contribution in [1.82, 2.24) is 19.7 Å². The Morgan fingerprint density at radius 3 is 2.31 bits per heavy atom. The van der Waals surface area contributed by atoms with Crippen molar-refractivity contribution in [3.8, 4) is 11.4 Å². The number of carbonyl (C=O) groups excluding carboxylic acids is 1. The van der Waals surface area contributed by atoms with E-state index in [2.05, 4.69) is 15.0 Å². The predicted molar refractivity (Wildman–Crippen MR) is 104 cm³/mol. The summed E-state index contributed by atoms with van der Waals surface area (Å²) in [4.78, 5) is 11.7. The highest BCUT2D eigenvalue weighted by Crippen LogP contribution is 2.36. The second-order valence-corrected chi connectivity index (χ2v) is 8.76. The molecule has 3 aromatic rings. The van der Waals surface area contributed by atoms with Crippen molar-refractivity contribution >= 4 is 27.5 Å². The minimum absolute atomic E-state index is 0.00529. The van der Waals surface area contributed by atoms with Crippen molar-refractivity contribution in [2.75, 3.05) is 0 Å². The summed E-state index contributed by atoms with van der Waals surface area (Å²) < 4.78 is 122. The highest BCUT2D eigenvalue weighted by molar-refractivity contribution is 7.90. The third-order valence-electron chi connectivity index (χ3n) is 4.20. The van der Waals surface area contributed by atoms with Crippen molar-refractivity contribution in [2.24, 2.45) is 0 Å². The van der Waals surface area contributed by atoms with E-state index in [0.717, 1.165) is 12.1 Å². The maximum atomic E-state index is 13.8. The van der Waals surface area contributed by atoms with Crippen LogP contribution in [0.1, 0.15) is 21.7 Å². The van der Waals surface area contributed by atoms with Gasteiger partial charge < -0.3 is 4.74 Å². The second-order valence-electron chi connectivity index (χ2n) is 6.70. The zero-order valence-corrected chi connectivity index (χ0v) is 18.4. The number of aromatic nitrogens is 3. The Hall–Kier alpha value is -3.40. The maximum absolute atomic E-state index is 13.8. The van der Waals surface area contributed by atoms with Crippen LogP contribution in [-0.2, 0) is 16.2 Å². The molecule has 2 aromatic carbocycles. The van der Waals surface area contributed by atoms with Gasteiger partial charge in [0.15, 0.2) is 11.4 Å². The molecule has 8 nitrogen and oxygen atoms in total. The van der Waals surface area contributed by atoms with Gasteiger partial charge in [0, 0.05) is 6.07 Å². The van der Waals surface area contributed by atoms with Crippen molar-refractivity contribution in [3.05, 3.63) is 64.2 Å². The molecule has 0 spiro atoms. The first-order valence-corrected chi connectivity index (χ1v) is 10.8. The van der Waals surface area contributed by atoms with E-state index in [1.807, 2.05) is 0 Å². The molecule has 0 radical (unpaired) electrons. The van der Waals surface area contributed by atoms with E-state index in [9.17, 15) is 43.9 Å². The molecule has 0 atom stereocenters. The number of hydrogen-bond acceptors (Lipinski definition) is 6. The van der Waals surface area contributed by atoms with Gasteiger partial charge >= 0.3 is 12.5 Å². The summed E-state index contributed by atoms with van der Waals surface area (Å²) in [6.07, 6.45) is -10.5. The zero-order chi connectivity index (χ0) is 26.3. The number of benzene rings is 2. The number of aryl methyl sites for hydroxylation is 1. The first kappa shape index (κ1) is 26.2. The second kappa shape index (κ2) is 8.99. The highest BCUT2D eigenvalue weighted by Gasteiger charge is 2.43. The lowest BCUT2D eigenvalue weighted by atomic mass is 10.2. The topological polar surface area (TPSA) is 103 Å². The van der Waals surface area contributed by atoms with Crippen LogP contribution >= 0.6 is 11.6 Å². The molecule has 0 saturated heterocycles. The number of halogens is 8. The van der Waals surface area contributed by atoms with Crippen LogP contribution in [-0.4, -0.2) is 35.7 Å². The molecule has 0 bridgehead atoms. The van der Waals surface area contributed by atoms with Gasteiger partial charge in [0.1, 0.15) is 11.6 Å². The summed E-state index contributed by atoms with van der Waals surface area (Å²) in [6, 6.07) is 4.41. The molecule has 188 valence electrons. The normalized spacial score (nSPS) is 12.5. The van der Waals surface area contributed by atoms with Gasteiger partial charge in [0.25, 0.3) is 15.9 Å². The van der Waals surface area contributed by atoms with Crippen LogP contribution in [0.15, 0.2) is 41.3 Å². The van der Waals surface area contributed by atoms with Crippen molar-refractivity contribution < 1.29 is 48.7 Å². The van der Waals surface area contributed by atoms with E-state index in [1.165, 1.54) is 11.6 Å². The monoisotopic (exact) mass is 546 g/mol. The van der Waals surface area contributed by atoms with Gasteiger partial charge in [-0.15, -0.1) is 18.3 Å². The third kappa shape index (κ3) is 5.82. The first-order valence-electron chi connectivity index (χ1n) is 8.91. The van der Waals surface area contributed by atoms with Gasteiger partial charge in [0.05, 0.1) is 15.6 Å². The number of ether oxygens (including phenoxy) is 1. The molecule has 3 rings (SSSR count). The van der Waals surface area contributed by atoms with Gasteiger partial charge in [-0.2, -0.15) is 13.2 Å². The van der Waals surface area contributed by atoms with Crippen LogP contribution in [0, 0.1) is 12.7 Å². The van der Waals surface area contributed by atoms with Gasteiger partial charge in [-0.05, 0) is 36.8 Å². The van der Waals surface area contributed by atoms with Crippen LogP contribution in [0.4, 0.5) is 30.7 Å². The van der Waals surface area contributed by atoms with Gasteiger partial charge in [-0.25, -0.2) is 22.2 Å². The molecule has 0 aliphatic rings. The fourth-order valence-electron chi connectivity index (χ4n) is 2.80. The largest absolute Gasteiger partial charge is 0.573 e. The summed E-state index contributed by atoms with van der Waals surface area (Å²) in [5.74, 6) is -3.70. The minimum Gasteiger partial charge on any atom is -0.406 e. The lowest BCUT2D eigenvalue weighted by molar-refractivity contribution is -0.274. The van der Waals surface area contributed by atoms with Crippen molar-refractivity contribution in [3.63, 3.8) is 0 Å². The quantitative estimate of drug-likeness (QED) is 0.476. The average Bonchev–Trinajstić information content (AvgIpc) is 3.14. The number of amides is 1. The van der Waals surface area contributed by atoms with E-state index >= 15 is 0 Å². The van der Waals surface area contributed by atoms with Crippen LogP contribution in [0.3, 0.4) is 0 Å². The van der Waals surface area contributed by atoms with E-state index < -0.39 is 67.0 Å². The van der Waals surface area contributed by atoms with Crippen LogP contribution in [0.25, 0.3) is 5.69 Å². The van der Waals surface area contributed by atoms with E-state index in [1.54, 1.807) is 0 Å². The Kier molecular flexibility index (Phi) is 6.73. The Morgan fingerprint density at radius 1 is 1.09 bits per heavy atom. The van der Waals surface area contributed by atoms with Gasteiger partial charge in [-0.1, -0.05) is 22.9 Å². The molecule has 17 heteroatoms. The lowest BCUT2D eigenvalue weighted by Gasteiger charge is -2.14. The van der Waals surface area contributed by atoms with E-state index in [4.69, 9.17) is 11.6 Å². The fraction of sp³-hybridized carbons (Fsp3) is 0.167. The molecule has 1 amide bonds. The van der Waals surface area contributed by atoms with Gasteiger partial charge in [-0.3, -0.25) is 4.79 Å². The molecule has 35 heavy (non-hydrogen) atoms. The smallest absolute Gasteiger partial charge is 0.406 e. The first-order chi connectivity index (χ1) is 16.0. The Labute approximate surface area is 196 Å². The summed E-state index contributed by atoms with van der Waals surface area (Å²) in [6.45, 7) is 1.25. The van der Waals surface area contributed by atoms with E-state index in [-0.39, 0.29) is 10.2 Å². The molecule has 0 fully saturated rings. The zero-order valence-electron chi connectivity index (χ0n) is 16.9. The molecule has 0 aliphatic heterocycles. The van der Waals surface area contributed by atoms with Crippen LogP contribution in [0.2, 0.25) is 5.02 Å². The SMILES string of the molecule is Cc1ccc(F)cc1S(=O)(=O)NC(=O)c1nnn(-c2ccc(OC(F)(F)F)cc2Cl)c1C(F)(F)F. The number of sulfonamides is 1. The number of rotatable bonds is 5. The number of alkyl halides is 6. The molecular weight excluding hydrogens is 537 g/mol. The number of carbonyl (C=O) groups is 1. The number of hydrogen-bond donors (Lipinski definition) is 1. The number of nitrogens with one attached hydrogen (secondary N) is 1. The van der Waals surface area contributed by atoms with Crippen molar-refractivity contribution in [2.45, 2.75) is 24.4 Å². The molecule has 0 unspecified atom stereocenters. The molecule has 1 N–H and O–H groups in total. The molecule has 0 aliphatic carbocycles. The summed E-state index contributed by atoms with van der Waals surface area (Å²) in [5.41, 5.74) is -4.04. The number of nitrogens with zero attached hydrogens (tertiary/aromatic N) is 3. The predicted octanol–water partition coefficient (Wildman–Crippen LogP) is 4.40. The fourth-order valence-corrected chi connectivity index (χ4v) is 4.26. The molecule has 0 saturated carbocycles. The molecular formula is C18H10ClF7N4O4S. The average molecular weight is 547 g/mol. The summed E-state index contributed by atoms with van der Waals surface area (Å²) in [5, 5.41) is 5.53. The van der Waals surface area contributed by atoms with Crippen molar-refractivity contribution in [1.29, 1.82) is 0 Å². The maximum Gasteiger partial charge on any atom is 0.573 e. The Balaban J connectivity index is 2.04. The molecule has 1 heterocycles. The lowest BCUT2D eigenvalue weighted by Crippen LogP contribution is -2.33. The third-order valence-corrected chi connectivity index (χ3v) is 5.98. The molecule has 1 aromatic heterocycles. The Bertz CT molecular complexity index is 1400. The minimum atomic E-state index is -5.36. The van der Waals surface area contributed by atoms with Crippen LogP contribution in [0.5, 0.6) is 5.75 Å². The summed E-state index contributed by atoms with van der Waals surface area (Å²) >= 11 is 5.79. The van der Waals surface area contributed by atoms with E-state index in [0.29, 0.717) is 24.3 Å². The highest BCUT2D eigenvalue weighted by atomic mass is 35.5. The van der Waals surface area contributed by atoms with Gasteiger partial charge in [0.2, 0.25) is 0 Å². The Morgan fingerprint density at radius 2 is 1.74 bits per heavy atom.